The van der Waals surface area contributed by atoms with Crippen molar-refractivity contribution in [3.8, 4) is 0 Å². The van der Waals surface area contributed by atoms with E-state index in [0.717, 1.165) is 30.8 Å². The Labute approximate surface area is 103 Å². The van der Waals surface area contributed by atoms with Gasteiger partial charge >= 0.3 is 0 Å². The summed E-state index contributed by atoms with van der Waals surface area (Å²) in [4.78, 5) is 13.4. The number of nitrogens with zero attached hydrogens (tertiary/aromatic N) is 3. The van der Waals surface area contributed by atoms with Gasteiger partial charge in [0.15, 0.2) is 0 Å². The molecule has 0 spiro atoms. The van der Waals surface area contributed by atoms with Crippen LogP contribution < -0.4 is 17.0 Å². The highest BCUT2D eigenvalue weighted by Crippen LogP contribution is 2.22. The topological polar surface area (TPSA) is 110 Å². The maximum Gasteiger partial charge on any atom is 0.234 e. The third kappa shape index (κ3) is 2.90. The number of hydrazine groups is 1. The smallest absolute Gasteiger partial charge is 0.234 e. The highest BCUT2D eigenvalue weighted by Gasteiger charge is 2.27. The molecule has 1 atom stereocenters. The minimum absolute atomic E-state index is 0.179. The fourth-order valence-electron chi connectivity index (χ4n) is 2.05. The van der Waals surface area contributed by atoms with Crippen LogP contribution in [0.4, 0.5) is 5.13 Å². The third-order valence-corrected chi connectivity index (χ3v) is 3.71. The quantitative estimate of drug-likeness (QED) is 0.502. The van der Waals surface area contributed by atoms with Crippen LogP contribution in [0.2, 0.25) is 0 Å². The first-order chi connectivity index (χ1) is 8.20. The van der Waals surface area contributed by atoms with Crippen LogP contribution >= 0.6 is 11.3 Å². The first-order valence-corrected chi connectivity index (χ1v) is 6.34. The van der Waals surface area contributed by atoms with Gasteiger partial charge in [-0.1, -0.05) is 17.8 Å². The van der Waals surface area contributed by atoms with E-state index in [9.17, 15) is 4.79 Å². The number of carbonyl (C=O) groups is 1. The number of piperidine rings is 1. The van der Waals surface area contributed by atoms with E-state index in [0.29, 0.717) is 11.7 Å². The summed E-state index contributed by atoms with van der Waals surface area (Å²) in [6.07, 6.45) is 2.97. The molecule has 1 aliphatic rings. The zero-order valence-corrected chi connectivity index (χ0v) is 10.2. The number of rotatable bonds is 4. The van der Waals surface area contributed by atoms with E-state index in [1.165, 1.54) is 11.3 Å². The molecule has 1 aliphatic heterocycles. The number of nitrogens with two attached hydrogens (primary N) is 2. The van der Waals surface area contributed by atoms with Gasteiger partial charge in [-0.15, -0.1) is 10.2 Å². The van der Waals surface area contributed by atoms with Gasteiger partial charge in [0.2, 0.25) is 11.0 Å². The minimum atomic E-state index is -0.258. The molecule has 0 radical (unpaired) electrons. The Morgan fingerprint density at radius 1 is 1.53 bits per heavy atom. The number of amides is 1. The maximum absolute atomic E-state index is 11.3. The Bertz CT molecular complexity index is 395. The predicted octanol–water partition coefficient (Wildman–Crippen LogP) is -0.337. The maximum atomic E-state index is 11.3. The second kappa shape index (κ2) is 5.39. The van der Waals surface area contributed by atoms with Crippen molar-refractivity contribution < 1.29 is 4.79 Å². The van der Waals surface area contributed by atoms with Crippen LogP contribution in [0.15, 0.2) is 0 Å². The standard InChI is InChI=1S/C9H16N6OS/c10-8(16)6-3-1-2-4-15(6)5-7-13-14-9(12-11)17-7/h6H,1-5,11H2,(H2,10,16)(H,12,14). The number of aromatic nitrogens is 2. The first-order valence-electron chi connectivity index (χ1n) is 5.53. The predicted molar refractivity (Wildman–Crippen MR) is 65.0 cm³/mol. The van der Waals surface area contributed by atoms with Crippen molar-refractivity contribution in [1.29, 1.82) is 0 Å². The Kier molecular flexibility index (Phi) is 3.87. The Morgan fingerprint density at radius 3 is 3.00 bits per heavy atom. The van der Waals surface area contributed by atoms with E-state index in [1.807, 2.05) is 0 Å². The highest BCUT2D eigenvalue weighted by molar-refractivity contribution is 7.15. The van der Waals surface area contributed by atoms with Crippen molar-refractivity contribution in [2.24, 2.45) is 11.6 Å². The van der Waals surface area contributed by atoms with Gasteiger partial charge in [-0.2, -0.15) is 0 Å². The molecular weight excluding hydrogens is 240 g/mol. The molecule has 1 fully saturated rings. The molecule has 2 heterocycles. The lowest BCUT2D eigenvalue weighted by Gasteiger charge is -2.32. The van der Waals surface area contributed by atoms with E-state index < -0.39 is 0 Å². The number of nitrogen functional groups attached to an aromatic ring is 1. The lowest BCUT2D eigenvalue weighted by molar-refractivity contribution is -0.124. The van der Waals surface area contributed by atoms with E-state index in [-0.39, 0.29) is 11.9 Å². The summed E-state index contributed by atoms with van der Waals surface area (Å²) in [6.45, 7) is 1.48. The summed E-state index contributed by atoms with van der Waals surface area (Å²) in [5.41, 5.74) is 7.85. The van der Waals surface area contributed by atoms with Crippen LogP contribution in [0.1, 0.15) is 24.3 Å². The monoisotopic (exact) mass is 256 g/mol. The number of hydrogen-bond donors (Lipinski definition) is 3. The van der Waals surface area contributed by atoms with E-state index in [4.69, 9.17) is 11.6 Å². The molecule has 1 aromatic rings. The number of hydrogen-bond acceptors (Lipinski definition) is 7. The van der Waals surface area contributed by atoms with Gasteiger partial charge in [-0.25, -0.2) is 5.84 Å². The molecule has 1 aromatic heterocycles. The normalized spacial score (nSPS) is 21.4. The lowest BCUT2D eigenvalue weighted by atomic mass is 10.0. The van der Waals surface area contributed by atoms with Gasteiger partial charge < -0.3 is 5.73 Å². The van der Waals surface area contributed by atoms with Crippen LogP contribution in [0.5, 0.6) is 0 Å². The molecule has 94 valence electrons. The second-order valence-corrected chi connectivity index (χ2v) is 5.09. The zero-order chi connectivity index (χ0) is 12.3. The molecule has 17 heavy (non-hydrogen) atoms. The zero-order valence-electron chi connectivity index (χ0n) is 9.43. The van der Waals surface area contributed by atoms with Crippen molar-refractivity contribution in [3.63, 3.8) is 0 Å². The van der Waals surface area contributed by atoms with Gasteiger partial charge in [-0.3, -0.25) is 15.1 Å². The first kappa shape index (κ1) is 12.2. The summed E-state index contributed by atoms with van der Waals surface area (Å²) in [6, 6.07) is -0.179. The van der Waals surface area contributed by atoms with Crippen molar-refractivity contribution >= 4 is 22.4 Å². The average molecular weight is 256 g/mol. The van der Waals surface area contributed by atoms with E-state index >= 15 is 0 Å². The fraction of sp³-hybridized carbons (Fsp3) is 0.667. The van der Waals surface area contributed by atoms with Crippen LogP contribution in [-0.4, -0.2) is 33.6 Å². The SMILES string of the molecule is NNc1nnc(CN2CCCCC2C(N)=O)s1. The average Bonchev–Trinajstić information content (AvgIpc) is 2.77. The van der Waals surface area contributed by atoms with E-state index in [1.54, 1.807) is 0 Å². The molecular formula is C9H16N6OS. The number of primary amides is 1. The van der Waals surface area contributed by atoms with E-state index in [2.05, 4.69) is 20.5 Å². The molecule has 8 heteroatoms. The summed E-state index contributed by atoms with van der Waals surface area (Å²) < 4.78 is 0. The number of carbonyl (C=O) groups excluding carboxylic acids is 1. The second-order valence-electron chi connectivity index (χ2n) is 4.03. The number of anilines is 1. The largest absolute Gasteiger partial charge is 0.368 e. The molecule has 0 saturated carbocycles. The molecule has 7 nitrogen and oxygen atoms in total. The van der Waals surface area contributed by atoms with Gasteiger partial charge in [0.25, 0.3) is 0 Å². The summed E-state index contributed by atoms with van der Waals surface area (Å²) in [7, 11) is 0. The van der Waals surface area contributed by atoms with Crippen LogP contribution in [0, 0.1) is 0 Å². The van der Waals surface area contributed by atoms with Gasteiger partial charge in [-0.05, 0) is 19.4 Å². The Hall–Kier alpha value is -1.25. The van der Waals surface area contributed by atoms with Crippen molar-refractivity contribution in [2.75, 3.05) is 12.0 Å². The Balaban J connectivity index is 2.02. The molecule has 0 aliphatic carbocycles. The summed E-state index contributed by atoms with van der Waals surface area (Å²) >= 11 is 1.39. The van der Waals surface area contributed by atoms with Crippen molar-refractivity contribution in [2.45, 2.75) is 31.8 Å². The van der Waals surface area contributed by atoms with Crippen molar-refractivity contribution in [1.82, 2.24) is 15.1 Å². The van der Waals surface area contributed by atoms with Gasteiger partial charge in [0, 0.05) is 0 Å². The molecule has 2 rings (SSSR count). The number of likely N-dealkylation sites (tertiary alicyclic amines) is 1. The molecule has 1 saturated heterocycles. The Morgan fingerprint density at radius 2 is 2.35 bits per heavy atom. The van der Waals surface area contributed by atoms with Crippen molar-refractivity contribution in [3.05, 3.63) is 5.01 Å². The summed E-state index contributed by atoms with van der Waals surface area (Å²) in [5.74, 6) is 4.98. The van der Waals surface area contributed by atoms with Crippen LogP contribution in [0.3, 0.4) is 0 Å². The lowest BCUT2D eigenvalue weighted by Crippen LogP contribution is -2.47. The van der Waals surface area contributed by atoms with Crippen LogP contribution in [-0.2, 0) is 11.3 Å². The van der Waals surface area contributed by atoms with Gasteiger partial charge in [0.05, 0.1) is 12.6 Å². The third-order valence-electron chi connectivity index (χ3n) is 2.87. The molecule has 0 aromatic carbocycles. The van der Waals surface area contributed by atoms with Gasteiger partial charge in [0.1, 0.15) is 5.01 Å². The molecule has 1 amide bonds. The molecule has 0 bridgehead atoms. The highest BCUT2D eigenvalue weighted by atomic mass is 32.1. The minimum Gasteiger partial charge on any atom is -0.368 e. The molecule has 1 unspecified atom stereocenters. The fourth-order valence-corrected chi connectivity index (χ4v) is 2.73. The molecule has 5 N–H and O–H groups in total. The number of nitrogens with one attached hydrogen (secondary N) is 1. The van der Waals surface area contributed by atoms with Crippen LogP contribution in [0.25, 0.3) is 0 Å². The summed E-state index contributed by atoms with van der Waals surface area (Å²) in [5, 5.41) is 9.28.